The van der Waals surface area contributed by atoms with Crippen molar-refractivity contribution in [3.63, 3.8) is 0 Å². The van der Waals surface area contributed by atoms with Gasteiger partial charge in [0, 0.05) is 26.7 Å². The molecular formula is C17H28FN3. The van der Waals surface area contributed by atoms with E-state index in [-0.39, 0.29) is 5.82 Å². The number of benzene rings is 1. The lowest BCUT2D eigenvalue weighted by atomic mass is 9.99. The lowest BCUT2D eigenvalue weighted by molar-refractivity contribution is 0.185. The van der Waals surface area contributed by atoms with Crippen molar-refractivity contribution >= 4 is 5.69 Å². The molecular weight excluding hydrogens is 265 g/mol. The largest absolute Gasteiger partial charge is 0.371 e. The van der Waals surface area contributed by atoms with Gasteiger partial charge in [0.1, 0.15) is 5.82 Å². The number of halogens is 1. The van der Waals surface area contributed by atoms with Gasteiger partial charge in [0.05, 0.1) is 5.69 Å². The molecule has 0 atom stereocenters. The molecule has 118 valence electrons. The Labute approximate surface area is 128 Å². The van der Waals surface area contributed by atoms with E-state index in [9.17, 15) is 4.39 Å². The standard InChI is InChI=1S/C17H28FN3/c1-14-6-9-21(10-7-14)13-15-4-5-16(18)17(12-15)20(3)11-8-19-2/h4-5,12,14,19H,6-11,13H2,1-3H3. The molecule has 1 saturated heterocycles. The Morgan fingerprint density at radius 2 is 2.05 bits per heavy atom. The quantitative estimate of drug-likeness (QED) is 0.870. The van der Waals surface area contributed by atoms with Crippen LogP contribution < -0.4 is 10.2 Å². The fraction of sp³-hybridized carbons (Fsp3) is 0.647. The van der Waals surface area contributed by atoms with Gasteiger partial charge in [-0.1, -0.05) is 13.0 Å². The van der Waals surface area contributed by atoms with Crippen LogP contribution in [0, 0.1) is 11.7 Å². The third-order valence-electron chi connectivity index (χ3n) is 4.40. The summed E-state index contributed by atoms with van der Waals surface area (Å²) in [7, 11) is 3.86. The predicted octanol–water partition coefficient (Wildman–Crippen LogP) is 2.71. The molecule has 4 heteroatoms. The number of nitrogens with one attached hydrogen (secondary N) is 1. The Balaban J connectivity index is 2.00. The molecule has 0 unspecified atom stereocenters. The number of hydrogen-bond acceptors (Lipinski definition) is 3. The third kappa shape index (κ3) is 4.68. The zero-order valence-electron chi connectivity index (χ0n) is 13.5. The highest BCUT2D eigenvalue weighted by Crippen LogP contribution is 2.23. The number of rotatable bonds is 6. The van der Waals surface area contributed by atoms with Crippen molar-refractivity contribution in [3.05, 3.63) is 29.6 Å². The molecule has 0 aromatic heterocycles. The summed E-state index contributed by atoms with van der Waals surface area (Å²) < 4.78 is 14.0. The van der Waals surface area contributed by atoms with Gasteiger partial charge in [-0.2, -0.15) is 0 Å². The van der Waals surface area contributed by atoms with Crippen LogP contribution in [0.3, 0.4) is 0 Å². The van der Waals surface area contributed by atoms with Gasteiger partial charge in [-0.3, -0.25) is 4.90 Å². The Morgan fingerprint density at radius 1 is 1.33 bits per heavy atom. The number of hydrogen-bond donors (Lipinski definition) is 1. The molecule has 0 saturated carbocycles. The van der Waals surface area contributed by atoms with Gasteiger partial charge in [0.15, 0.2) is 0 Å². The van der Waals surface area contributed by atoms with Crippen LogP contribution in [0.25, 0.3) is 0 Å². The van der Waals surface area contributed by atoms with Crippen LogP contribution in [-0.2, 0) is 6.54 Å². The first-order valence-electron chi connectivity index (χ1n) is 7.96. The molecule has 1 fully saturated rings. The minimum absolute atomic E-state index is 0.135. The van der Waals surface area contributed by atoms with Gasteiger partial charge in [-0.15, -0.1) is 0 Å². The summed E-state index contributed by atoms with van der Waals surface area (Å²) in [6, 6.07) is 5.53. The molecule has 0 aliphatic carbocycles. The highest BCUT2D eigenvalue weighted by molar-refractivity contribution is 5.49. The summed E-state index contributed by atoms with van der Waals surface area (Å²) in [5, 5.41) is 3.10. The minimum Gasteiger partial charge on any atom is -0.371 e. The maximum absolute atomic E-state index is 14.0. The second-order valence-corrected chi connectivity index (χ2v) is 6.27. The summed E-state index contributed by atoms with van der Waals surface area (Å²) in [6.45, 7) is 7.22. The van der Waals surface area contributed by atoms with Crippen molar-refractivity contribution in [2.75, 3.05) is 45.2 Å². The molecule has 0 amide bonds. The van der Waals surface area contributed by atoms with E-state index in [1.165, 1.54) is 18.4 Å². The fourth-order valence-corrected chi connectivity index (χ4v) is 2.83. The second-order valence-electron chi connectivity index (χ2n) is 6.27. The topological polar surface area (TPSA) is 18.5 Å². The van der Waals surface area contributed by atoms with Crippen molar-refractivity contribution in [2.45, 2.75) is 26.3 Å². The van der Waals surface area contributed by atoms with Crippen LogP contribution in [0.4, 0.5) is 10.1 Å². The lowest BCUT2D eigenvalue weighted by Crippen LogP contribution is -2.32. The monoisotopic (exact) mass is 293 g/mol. The minimum atomic E-state index is -0.135. The maximum Gasteiger partial charge on any atom is 0.146 e. The Hall–Kier alpha value is -1.13. The van der Waals surface area contributed by atoms with E-state index in [2.05, 4.69) is 17.1 Å². The number of anilines is 1. The number of likely N-dealkylation sites (N-methyl/N-ethyl adjacent to an activating group) is 2. The lowest BCUT2D eigenvalue weighted by Gasteiger charge is -2.30. The van der Waals surface area contributed by atoms with Crippen molar-refractivity contribution in [1.29, 1.82) is 0 Å². The molecule has 21 heavy (non-hydrogen) atoms. The van der Waals surface area contributed by atoms with Gasteiger partial charge in [-0.25, -0.2) is 4.39 Å². The van der Waals surface area contributed by atoms with Crippen LogP contribution in [-0.4, -0.2) is 45.2 Å². The molecule has 2 rings (SSSR count). The average Bonchev–Trinajstić information content (AvgIpc) is 2.49. The highest BCUT2D eigenvalue weighted by atomic mass is 19.1. The highest BCUT2D eigenvalue weighted by Gasteiger charge is 2.16. The molecule has 0 bridgehead atoms. The summed E-state index contributed by atoms with van der Waals surface area (Å²) in [6.07, 6.45) is 2.55. The van der Waals surface area contributed by atoms with Gasteiger partial charge < -0.3 is 10.2 Å². The van der Waals surface area contributed by atoms with Gasteiger partial charge >= 0.3 is 0 Å². The Morgan fingerprint density at radius 3 is 2.71 bits per heavy atom. The molecule has 1 aromatic rings. The van der Waals surface area contributed by atoms with Crippen LogP contribution in [0.2, 0.25) is 0 Å². The molecule has 1 aliphatic heterocycles. The Kier molecular flexibility index (Phi) is 6.00. The SMILES string of the molecule is CNCCN(C)c1cc(CN2CCC(C)CC2)ccc1F. The molecule has 1 N–H and O–H groups in total. The van der Waals surface area contributed by atoms with Crippen molar-refractivity contribution in [3.8, 4) is 0 Å². The summed E-state index contributed by atoms with van der Waals surface area (Å²) in [5.74, 6) is 0.710. The van der Waals surface area contributed by atoms with E-state index < -0.39 is 0 Å². The van der Waals surface area contributed by atoms with E-state index in [4.69, 9.17) is 0 Å². The Bertz CT molecular complexity index is 442. The fourth-order valence-electron chi connectivity index (χ4n) is 2.83. The van der Waals surface area contributed by atoms with E-state index in [0.717, 1.165) is 38.6 Å². The molecule has 3 nitrogen and oxygen atoms in total. The van der Waals surface area contributed by atoms with E-state index >= 15 is 0 Å². The maximum atomic E-state index is 14.0. The first kappa shape index (κ1) is 16.2. The molecule has 1 heterocycles. The normalized spacial score (nSPS) is 17.1. The zero-order valence-corrected chi connectivity index (χ0v) is 13.5. The van der Waals surface area contributed by atoms with Gasteiger partial charge in [-0.05, 0) is 56.6 Å². The molecule has 1 aromatic carbocycles. The van der Waals surface area contributed by atoms with Crippen LogP contribution in [0.5, 0.6) is 0 Å². The summed E-state index contributed by atoms with van der Waals surface area (Å²) in [4.78, 5) is 4.46. The molecule has 0 spiro atoms. The third-order valence-corrected chi connectivity index (χ3v) is 4.40. The summed E-state index contributed by atoms with van der Waals surface area (Å²) >= 11 is 0. The average molecular weight is 293 g/mol. The van der Waals surface area contributed by atoms with Crippen molar-refractivity contribution < 1.29 is 4.39 Å². The van der Waals surface area contributed by atoms with Gasteiger partial charge in [0.2, 0.25) is 0 Å². The van der Waals surface area contributed by atoms with E-state index in [1.54, 1.807) is 6.07 Å². The zero-order chi connectivity index (χ0) is 15.2. The number of piperidine rings is 1. The summed E-state index contributed by atoms with van der Waals surface area (Å²) in [5.41, 5.74) is 1.91. The second kappa shape index (κ2) is 7.76. The number of likely N-dealkylation sites (tertiary alicyclic amines) is 1. The van der Waals surface area contributed by atoms with Crippen molar-refractivity contribution in [2.24, 2.45) is 5.92 Å². The van der Waals surface area contributed by atoms with E-state index in [0.29, 0.717) is 5.69 Å². The number of nitrogens with zero attached hydrogens (tertiary/aromatic N) is 2. The smallest absolute Gasteiger partial charge is 0.146 e. The van der Waals surface area contributed by atoms with E-state index in [1.807, 2.05) is 31.1 Å². The first-order valence-corrected chi connectivity index (χ1v) is 7.96. The van der Waals surface area contributed by atoms with Crippen molar-refractivity contribution in [1.82, 2.24) is 10.2 Å². The molecule has 0 radical (unpaired) electrons. The van der Waals surface area contributed by atoms with Gasteiger partial charge in [0.25, 0.3) is 0 Å². The first-order chi connectivity index (χ1) is 10.1. The predicted molar refractivity (Wildman–Crippen MR) is 87.3 cm³/mol. The van der Waals surface area contributed by atoms with Crippen LogP contribution >= 0.6 is 0 Å². The van der Waals surface area contributed by atoms with Crippen LogP contribution in [0.1, 0.15) is 25.3 Å². The van der Waals surface area contributed by atoms with Crippen LogP contribution in [0.15, 0.2) is 18.2 Å². The molecule has 1 aliphatic rings.